The first-order valence-corrected chi connectivity index (χ1v) is 33.3. The second-order valence-electron chi connectivity index (χ2n) is 31.1. The highest BCUT2D eigenvalue weighted by molar-refractivity contribution is 5.80. The molecule has 0 aromatic rings. The number of ether oxygens (including phenoxy) is 12. The van der Waals surface area contributed by atoms with Gasteiger partial charge in [-0.05, 0) is 105 Å². The molecular formula is C64H100O31. The molecule has 4 saturated carbocycles. The highest BCUT2D eigenvalue weighted by atomic mass is 16.8. The summed E-state index contributed by atoms with van der Waals surface area (Å²) in [6.07, 6.45) is -44.3. The third kappa shape index (κ3) is 12.7. The Labute approximate surface area is 549 Å². The van der Waals surface area contributed by atoms with Gasteiger partial charge in [0.25, 0.3) is 0 Å². The smallest absolute Gasteiger partial charge is 0.317 e. The molecule has 0 radical (unpaired) electrons. The average Bonchev–Trinajstić information content (AvgIpc) is 0.670. The maximum atomic E-state index is 15.7. The summed E-state index contributed by atoms with van der Waals surface area (Å²) < 4.78 is 72.1. The molecule has 14 rings (SSSR count). The van der Waals surface area contributed by atoms with Crippen molar-refractivity contribution in [2.75, 3.05) is 33.0 Å². The molecule has 9 heterocycles. The second-order valence-corrected chi connectivity index (χ2v) is 31.1. The lowest BCUT2D eigenvalue weighted by molar-refractivity contribution is -0.384. The van der Waals surface area contributed by atoms with Gasteiger partial charge in [0.15, 0.2) is 37.4 Å². The van der Waals surface area contributed by atoms with E-state index in [-0.39, 0.29) is 30.6 Å². The lowest BCUT2D eigenvalue weighted by Gasteiger charge is -2.72. The van der Waals surface area contributed by atoms with Crippen molar-refractivity contribution in [3.8, 4) is 0 Å². The van der Waals surface area contributed by atoms with E-state index in [1.165, 1.54) is 6.92 Å². The number of aliphatic hydroxyl groups is 16. The summed E-state index contributed by atoms with van der Waals surface area (Å²) in [7, 11) is 0. The van der Waals surface area contributed by atoms with Gasteiger partial charge in [0.05, 0.1) is 69.3 Å². The van der Waals surface area contributed by atoms with Crippen molar-refractivity contribution in [1.29, 1.82) is 0 Å². The van der Waals surface area contributed by atoms with Crippen LogP contribution in [0.25, 0.3) is 0 Å². The lowest BCUT2D eigenvalue weighted by atomic mass is 9.33. The van der Waals surface area contributed by atoms with E-state index in [1.807, 2.05) is 0 Å². The van der Waals surface area contributed by atoms with Crippen molar-refractivity contribution in [2.24, 2.45) is 50.2 Å². The molecule has 31 nitrogen and oxygen atoms in total. The molecule has 1 spiro atoms. The fourth-order valence-corrected chi connectivity index (χ4v) is 18.8. The maximum absolute atomic E-state index is 15.7. The molecule has 542 valence electrons. The molecule has 0 aromatic carbocycles. The number of esters is 3. The average molecular weight is 1370 g/mol. The van der Waals surface area contributed by atoms with Gasteiger partial charge in [-0.2, -0.15) is 0 Å². The topological polar surface area (TPSA) is 486 Å². The summed E-state index contributed by atoms with van der Waals surface area (Å²) in [5, 5.41) is 183. The molecule has 35 atom stereocenters. The Morgan fingerprint density at radius 3 is 1.91 bits per heavy atom. The molecule has 11 fully saturated rings. The third-order valence-corrected chi connectivity index (χ3v) is 24.3. The Kier molecular flexibility index (Phi) is 20.7. The van der Waals surface area contributed by atoms with E-state index in [0.29, 0.717) is 32.1 Å². The normalized spacial score (nSPS) is 54.8. The number of rotatable bonds is 4. The highest BCUT2D eigenvalue weighted by Crippen LogP contribution is 2.76. The molecule has 7 saturated heterocycles. The fourth-order valence-electron chi connectivity index (χ4n) is 18.8. The lowest BCUT2D eigenvalue weighted by Crippen LogP contribution is -2.71. The van der Waals surface area contributed by atoms with E-state index in [4.69, 9.17) is 56.8 Å². The van der Waals surface area contributed by atoms with Crippen molar-refractivity contribution >= 4 is 17.9 Å². The van der Waals surface area contributed by atoms with Gasteiger partial charge in [0.1, 0.15) is 104 Å². The van der Waals surface area contributed by atoms with Gasteiger partial charge in [-0.25, -0.2) is 0 Å². The molecule has 16 N–H and O–H groups in total. The van der Waals surface area contributed by atoms with Crippen LogP contribution in [-0.2, 0) is 71.2 Å². The van der Waals surface area contributed by atoms with Crippen LogP contribution in [0.4, 0.5) is 0 Å². The minimum Gasteiger partial charge on any atom is -0.463 e. The molecule has 9 aliphatic heterocycles. The Hall–Kier alpha value is -2.85. The molecule has 0 aromatic heterocycles. The van der Waals surface area contributed by atoms with Gasteiger partial charge < -0.3 is 139 Å². The zero-order valence-corrected chi connectivity index (χ0v) is 54.7. The van der Waals surface area contributed by atoms with E-state index in [2.05, 4.69) is 40.7 Å². The number of carbonyl (C=O) groups is 3. The number of hydrogen-bond acceptors (Lipinski definition) is 31. The molecule has 5 aliphatic carbocycles. The summed E-state index contributed by atoms with van der Waals surface area (Å²) in [6.45, 7) is 11.1. The van der Waals surface area contributed by atoms with Crippen LogP contribution >= 0.6 is 0 Å². The molecular weight excluding hydrogens is 1260 g/mol. The minimum atomic E-state index is -2.32. The number of carbonyl (C=O) groups excluding carboxylic acids is 3. The first-order valence-electron chi connectivity index (χ1n) is 33.3. The van der Waals surface area contributed by atoms with E-state index in [1.54, 1.807) is 6.92 Å². The molecule has 0 amide bonds. The van der Waals surface area contributed by atoms with Gasteiger partial charge in [0, 0.05) is 5.41 Å². The molecule has 3 unspecified atom stereocenters. The SMILES string of the molecule is C[C@@H]1O[C@H]2O[C@H]3[C@@H](OC[C@H](O)[C@@H]3O)OC(=O)[C@]34CCC(C)(C)CC3C3=CCC5[C@@]6(C)C[C@H](O)[C@H](O[C@@H]7O[C@H](CO)[C@@H](O)[C@H](O)[C@H]7O[C@@H]7O[C@H](COC(=O)C[C@](C)(O)CC(=O)O[C@@H]1[C@H](O[C@@H]1OC[C@@H](O)[C@H](O)[C@H]1O)[C@@H]2O)[C@@H](O)[C@H](O)[C@H]7O)[C@@](C)(CO)C6CC[C@@]5(C)[C@]3(C)C[C@H]4O. The molecule has 14 aliphatic rings. The van der Waals surface area contributed by atoms with Gasteiger partial charge in [-0.3, -0.25) is 14.4 Å². The third-order valence-electron chi connectivity index (χ3n) is 24.3. The summed E-state index contributed by atoms with van der Waals surface area (Å²) in [4.78, 5) is 43.1. The van der Waals surface area contributed by atoms with Crippen LogP contribution in [0.3, 0.4) is 0 Å². The van der Waals surface area contributed by atoms with Crippen molar-refractivity contribution in [3.05, 3.63) is 11.6 Å². The summed E-state index contributed by atoms with van der Waals surface area (Å²) in [6, 6.07) is 0. The van der Waals surface area contributed by atoms with Crippen LogP contribution in [0.15, 0.2) is 11.6 Å². The first-order chi connectivity index (χ1) is 44.4. The van der Waals surface area contributed by atoms with Crippen molar-refractivity contribution in [2.45, 2.75) is 285 Å². The van der Waals surface area contributed by atoms with Gasteiger partial charge in [-0.15, -0.1) is 0 Å². The maximum Gasteiger partial charge on any atom is 0.317 e. The molecule has 12 bridgehead atoms. The monoisotopic (exact) mass is 1360 g/mol. The van der Waals surface area contributed by atoms with Crippen LogP contribution in [0, 0.1) is 50.2 Å². The summed E-state index contributed by atoms with van der Waals surface area (Å²) in [5.41, 5.74) is -7.04. The van der Waals surface area contributed by atoms with Crippen LogP contribution in [0.5, 0.6) is 0 Å². The summed E-state index contributed by atoms with van der Waals surface area (Å²) in [5.74, 6) is -4.74. The molecule has 95 heavy (non-hydrogen) atoms. The first kappa shape index (κ1) is 73.4. The van der Waals surface area contributed by atoms with Gasteiger partial charge in [0.2, 0.25) is 6.29 Å². The fraction of sp³-hybridized carbons (Fsp3) is 0.922. The van der Waals surface area contributed by atoms with Crippen LogP contribution in [0.1, 0.15) is 120 Å². The van der Waals surface area contributed by atoms with E-state index < -0.39 is 268 Å². The largest absolute Gasteiger partial charge is 0.463 e. The van der Waals surface area contributed by atoms with Gasteiger partial charge >= 0.3 is 17.9 Å². The Morgan fingerprint density at radius 1 is 0.568 bits per heavy atom. The van der Waals surface area contributed by atoms with Gasteiger partial charge in [-0.1, -0.05) is 53.2 Å². The zero-order valence-electron chi connectivity index (χ0n) is 54.7. The summed E-state index contributed by atoms with van der Waals surface area (Å²) >= 11 is 0. The minimum absolute atomic E-state index is 0.0545. The van der Waals surface area contributed by atoms with E-state index in [0.717, 1.165) is 12.5 Å². The highest BCUT2D eigenvalue weighted by Gasteiger charge is 2.73. The van der Waals surface area contributed by atoms with Crippen molar-refractivity contribution in [1.82, 2.24) is 0 Å². The van der Waals surface area contributed by atoms with E-state index >= 15 is 4.79 Å². The predicted octanol–water partition coefficient (Wildman–Crippen LogP) is -4.34. The second kappa shape index (κ2) is 26.8. The van der Waals surface area contributed by atoms with Crippen molar-refractivity contribution < 1.29 is 153 Å². The van der Waals surface area contributed by atoms with Crippen molar-refractivity contribution in [3.63, 3.8) is 0 Å². The Bertz CT molecular complexity index is 2790. The van der Waals surface area contributed by atoms with Crippen LogP contribution in [-0.4, -0.2) is 298 Å². The van der Waals surface area contributed by atoms with Crippen LogP contribution < -0.4 is 0 Å². The quantitative estimate of drug-likeness (QED) is 0.0547. The molecule has 31 heteroatoms. The van der Waals surface area contributed by atoms with E-state index in [9.17, 15) is 91.3 Å². The zero-order chi connectivity index (χ0) is 69.4. The number of hydrogen-bond donors (Lipinski definition) is 16. The Balaban J connectivity index is 0.966. The Morgan fingerprint density at radius 2 is 1.22 bits per heavy atom. The number of aliphatic hydroxyl groups excluding tert-OH is 15. The standard InChI is InChI=1S/C64H100O31/c1-25-47-48(91-52-44(79)38(73)29(68)21-85-52)46(81)54(87-25)92-49-39(74)30(69)22-86-55(49)95-57(82)64-14-13-58(2,3)15-27(64)26-9-10-34-60(5)16-28(67)51(61(6,24-66)33(60)11-12-62(34,7)63(26,8)17-35(64)70)94-56-50(43(78)40(75)31(20-65)88-56)93-53-45(80)42(77)41(76)32(89-53)23-84-36(71)18-59(4,83)19-37(72)90-47/h9,25,27-35,38-56,65-70,73-81,83H,10-24H2,1-8H3/t25-,27?,28-,29+,30-,31+,32+,33?,34?,35+,38-,39-,40+,41+,42-,43-,44+,45+,46-,47-,48+,49+,50+,51-,52-,53-,54-,55-,56-,59-,60-,61-,62+,63+,64+/m0/s1. The predicted molar refractivity (Wildman–Crippen MR) is 314 cm³/mol. The number of allylic oxidation sites excluding steroid dienone is 2. The van der Waals surface area contributed by atoms with Crippen LogP contribution in [0.2, 0.25) is 0 Å².